The topological polar surface area (TPSA) is 132 Å². The van der Waals surface area contributed by atoms with E-state index < -0.39 is 47.1 Å². The van der Waals surface area contributed by atoms with Gasteiger partial charge in [-0.2, -0.15) is 5.10 Å². The van der Waals surface area contributed by atoms with Crippen molar-refractivity contribution in [2.24, 2.45) is 5.41 Å². The molecule has 10 heteroatoms. The number of carboxylic acids is 1. The van der Waals surface area contributed by atoms with E-state index in [1.54, 1.807) is 69.0 Å². The summed E-state index contributed by atoms with van der Waals surface area (Å²) in [5, 5.41) is 19.2. The number of rotatable bonds is 9. The lowest BCUT2D eigenvalue weighted by atomic mass is 9.83. The molecular weight excluding hydrogens is 539 g/mol. The number of carboxylic acid groups (broad SMARTS) is 1. The maximum atomic E-state index is 14.1. The van der Waals surface area contributed by atoms with Crippen LogP contribution in [-0.2, 0) is 16.0 Å². The molecule has 4 rings (SSSR count). The van der Waals surface area contributed by atoms with Crippen LogP contribution in [0.1, 0.15) is 84.4 Å². The highest BCUT2D eigenvalue weighted by Crippen LogP contribution is 2.44. The number of halogens is 1. The second-order valence-corrected chi connectivity index (χ2v) is 11.6. The molecule has 2 aromatic carbocycles. The predicted molar refractivity (Wildman–Crippen MR) is 156 cm³/mol. The van der Waals surface area contributed by atoms with Gasteiger partial charge in [0.2, 0.25) is 5.91 Å². The molecule has 0 aliphatic carbocycles. The number of nitrogens with one attached hydrogen (secondary N) is 2. The lowest BCUT2D eigenvalue weighted by molar-refractivity contribution is -0.154. The van der Waals surface area contributed by atoms with Crippen LogP contribution in [0.25, 0.3) is 0 Å². The molecule has 0 unspecified atom stereocenters. The van der Waals surface area contributed by atoms with E-state index in [4.69, 9.17) is 0 Å². The van der Waals surface area contributed by atoms with E-state index in [9.17, 15) is 28.7 Å². The number of hydrogen-bond acceptors (Lipinski definition) is 5. The first-order chi connectivity index (χ1) is 19.8. The standard InChI is InChI=1S/C32H37FN4O5/c1-6-25(34-28(38)22-11-10-20(18(2)14-22)16-23-15-19(3)35-36-29(23)39)30(40)37-26(21-8-7-9-24(33)17-21)12-13-27(37)32(4,5)31(41)42/h7-11,14-15,17,25-27H,6,12-13,16H2,1-5H3,(H,34,38)(H,36,39)(H,41,42)/t25-,26+,27-/m1/s1. The van der Waals surface area contributed by atoms with Crippen molar-refractivity contribution in [2.75, 3.05) is 0 Å². The summed E-state index contributed by atoms with van der Waals surface area (Å²) >= 11 is 0. The lowest BCUT2D eigenvalue weighted by Crippen LogP contribution is -2.55. The van der Waals surface area contributed by atoms with Crippen molar-refractivity contribution in [3.63, 3.8) is 0 Å². The van der Waals surface area contributed by atoms with Crippen molar-refractivity contribution in [2.45, 2.75) is 78.4 Å². The molecule has 3 atom stereocenters. The molecule has 1 fully saturated rings. The highest BCUT2D eigenvalue weighted by Gasteiger charge is 2.49. The van der Waals surface area contributed by atoms with E-state index in [2.05, 4.69) is 15.5 Å². The second-order valence-electron chi connectivity index (χ2n) is 11.6. The molecule has 0 radical (unpaired) electrons. The van der Waals surface area contributed by atoms with Crippen LogP contribution in [0.4, 0.5) is 4.39 Å². The number of amides is 2. The van der Waals surface area contributed by atoms with Gasteiger partial charge >= 0.3 is 5.97 Å². The molecule has 1 aromatic heterocycles. The van der Waals surface area contributed by atoms with Crippen LogP contribution in [-0.4, -0.2) is 50.1 Å². The van der Waals surface area contributed by atoms with Gasteiger partial charge in [-0.05, 0) is 94.0 Å². The fourth-order valence-electron chi connectivity index (χ4n) is 5.70. The van der Waals surface area contributed by atoms with Crippen molar-refractivity contribution in [1.29, 1.82) is 0 Å². The Hall–Kier alpha value is -4.34. The molecule has 1 aliphatic rings. The van der Waals surface area contributed by atoms with E-state index in [0.717, 1.165) is 11.1 Å². The number of hydrogen-bond donors (Lipinski definition) is 3. The predicted octanol–water partition coefficient (Wildman–Crippen LogP) is 4.47. The second kappa shape index (κ2) is 12.3. The normalized spacial score (nSPS) is 17.6. The highest BCUT2D eigenvalue weighted by molar-refractivity contribution is 5.98. The summed E-state index contributed by atoms with van der Waals surface area (Å²) in [4.78, 5) is 53.3. The molecular formula is C32H37FN4O5. The number of carbonyl (C=O) groups excluding carboxylic acids is 2. The first kappa shape index (κ1) is 30.6. The summed E-state index contributed by atoms with van der Waals surface area (Å²) < 4.78 is 14.1. The number of aliphatic carboxylic acids is 1. The average molecular weight is 577 g/mol. The zero-order valence-electron chi connectivity index (χ0n) is 24.5. The van der Waals surface area contributed by atoms with Gasteiger partial charge in [-0.25, -0.2) is 9.49 Å². The van der Waals surface area contributed by atoms with E-state index >= 15 is 0 Å². The molecule has 3 aromatic rings. The Kier molecular flexibility index (Phi) is 8.94. The highest BCUT2D eigenvalue weighted by atomic mass is 19.1. The number of likely N-dealkylation sites (tertiary alicyclic amines) is 1. The molecule has 42 heavy (non-hydrogen) atoms. The van der Waals surface area contributed by atoms with Crippen LogP contribution in [0.5, 0.6) is 0 Å². The van der Waals surface area contributed by atoms with Crippen LogP contribution in [0, 0.1) is 25.1 Å². The van der Waals surface area contributed by atoms with Crippen LogP contribution in [0.15, 0.2) is 53.3 Å². The van der Waals surface area contributed by atoms with Gasteiger partial charge in [0.1, 0.15) is 11.9 Å². The Morgan fingerprint density at radius 1 is 1.12 bits per heavy atom. The van der Waals surface area contributed by atoms with E-state index in [1.807, 2.05) is 6.92 Å². The smallest absolute Gasteiger partial charge is 0.311 e. The van der Waals surface area contributed by atoms with Crippen molar-refractivity contribution < 1.29 is 23.9 Å². The van der Waals surface area contributed by atoms with Crippen LogP contribution in [0.2, 0.25) is 0 Å². The lowest BCUT2D eigenvalue weighted by Gasteiger charge is -2.39. The Morgan fingerprint density at radius 3 is 2.50 bits per heavy atom. The minimum atomic E-state index is -1.26. The summed E-state index contributed by atoms with van der Waals surface area (Å²) in [5.74, 6) is -2.33. The zero-order valence-corrected chi connectivity index (χ0v) is 24.5. The summed E-state index contributed by atoms with van der Waals surface area (Å²) in [6.45, 7) is 8.58. The van der Waals surface area contributed by atoms with E-state index in [1.165, 1.54) is 12.1 Å². The third-order valence-corrected chi connectivity index (χ3v) is 8.26. The van der Waals surface area contributed by atoms with Gasteiger partial charge in [0.15, 0.2) is 0 Å². The van der Waals surface area contributed by atoms with E-state index in [0.29, 0.717) is 41.6 Å². The molecule has 222 valence electrons. The first-order valence-electron chi connectivity index (χ1n) is 14.1. The Balaban J connectivity index is 1.58. The summed E-state index contributed by atoms with van der Waals surface area (Å²) in [6, 6.07) is 10.8. The molecule has 1 aliphatic heterocycles. The largest absolute Gasteiger partial charge is 0.481 e. The third-order valence-electron chi connectivity index (χ3n) is 8.26. The SMILES string of the molecule is CC[C@@H](NC(=O)c1ccc(Cc2cc(C)n[nH]c2=O)c(C)c1)C(=O)N1[C@H](c2cccc(F)c2)CC[C@@H]1C(C)(C)C(=O)O. The number of carbonyl (C=O) groups is 3. The number of H-pyrrole nitrogens is 1. The van der Waals surface area contributed by atoms with Crippen molar-refractivity contribution in [1.82, 2.24) is 20.4 Å². The summed E-state index contributed by atoms with van der Waals surface area (Å²) in [5.41, 5.74) is 2.35. The molecule has 2 heterocycles. The van der Waals surface area contributed by atoms with E-state index in [-0.39, 0.29) is 12.0 Å². The average Bonchev–Trinajstić information content (AvgIpc) is 3.40. The molecule has 2 amide bonds. The van der Waals surface area contributed by atoms with Gasteiger partial charge in [0.05, 0.1) is 17.2 Å². The van der Waals surface area contributed by atoms with Crippen LogP contribution >= 0.6 is 0 Å². The van der Waals surface area contributed by atoms with Gasteiger partial charge in [-0.1, -0.05) is 25.1 Å². The third kappa shape index (κ3) is 6.27. The Morgan fingerprint density at radius 2 is 1.86 bits per heavy atom. The molecule has 0 saturated carbocycles. The number of benzene rings is 2. The number of aryl methyl sites for hydroxylation is 2. The quantitative estimate of drug-likeness (QED) is 0.344. The minimum absolute atomic E-state index is 0.269. The van der Waals surface area contributed by atoms with Crippen LogP contribution in [0.3, 0.4) is 0 Å². The van der Waals surface area contributed by atoms with Crippen molar-refractivity contribution >= 4 is 17.8 Å². The number of nitrogens with zero attached hydrogens (tertiary/aromatic N) is 2. The number of aromatic nitrogens is 2. The maximum absolute atomic E-state index is 14.1. The van der Waals surface area contributed by atoms with Gasteiger partial charge in [-0.3, -0.25) is 19.2 Å². The summed E-state index contributed by atoms with van der Waals surface area (Å²) in [6.07, 6.45) is 1.55. The monoisotopic (exact) mass is 576 g/mol. The molecule has 3 N–H and O–H groups in total. The molecule has 0 spiro atoms. The Labute approximate surface area is 244 Å². The van der Waals surface area contributed by atoms with Gasteiger partial charge in [0, 0.05) is 23.6 Å². The first-order valence-corrected chi connectivity index (χ1v) is 14.1. The molecule has 1 saturated heterocycles. The fourth-order valence-corrected chi connectivity index (χ4v) is 5.70. The van der Waals surface area contributed by atoms with Crippen molar-refractivity contribution in [3.8, 4) is 0 Å². The van der Waals surface area contributed by atoms with Gasteiger partial charge in [0.25, 0.3) is 11.5 Å². The molecule has 9 nitrogen and oxygen atoms in total. The van der Waals surface area contributed by atoms with Gasteiger partial charge < -0.3 is 15.3 Å². The minimum Gasteiger partial charge on any atom is -0.481 e. The molecule has 0 bridgehead atoms. The van der Waals surface area contributed by atoms with Gasteiger partial charge in [-0.15, -0.1) is 0 Å². The number of aromatic amines is 1. The Bertz CT molecular complexity index is 1570. The maximum Gasteiger partial charge on any atom is 0.311 e. The summed E-state index contributed by atoms with van der Waals surface area (Å²) in [7, 11) is 0. The zero-order chi connectivity index (χ0) is 30.8. The fraction of sp³-hybridized carbons (Fsp3) is 0.406. The van der Waals surface area contributed by atoms with Crippen LogP contribution < -0.4 is 10.9 Å². The van der Waals surface area contributed by atoms with Crippen molar-refractivity contribution in [3.05, 3.63) is 98.2 Å².